The summed E-state index contributed by atoms with van der Waals surface area (Å²) in [6.45, 7) is 0. The summed E-state index contributed by atoms with van der Waals surface area (Å²) in [5.74, 6) is 2.43. The number of carbonyl (C=O) groups is 1. The lowest BCUT2D eigenvalue weighted by atomic mass is 9.82. The summed E-state index contributed by atoms with van der Waals surface area (Å²) in [6.07, 6.45) is 15.7. The summed E-state index contributed by atoms with van der Waals surface area (Å²) in [4.78, 5) is 13.0. The van der Waals surface area contributed by atoms with Gasteiger partial charge in [-0.1, -0.05) is 76.0 Å². The van der Waals surface area contributed by atoms with Crippen LogP contribution >= 0.6 is 0 Å². The van der Waals surface area contributed by atoms with Crippen LogP contribution < -0.4 is 4.74 Å². The highest BCUT2D eigenvalue weighted by molar-refractivity contribution is 5.83. The highest BCUT2D eigenvalue weighted by atomic mass is 16.5. The molecule has 2 bridgehead atoms. The highest BCUT2D eigenvalue weighted by Gasteiger charge is 2.30. The van der Waals surface area contributed by atoms with E-state index in [1.54, 1.807) is 0 Å². The molecule has 2 heteroatoms. The smallest absolute Gasteiger partial charge is 0.173 e. The maximum atomic E-state index is 13.0. The minimum atomic E-state index is -0.236. The summed E-state index contributed by atoms with van der Waals surface area (Å²) >= 11 is 0. The van der Waals surface area contributed by atoms with Gasteiger partial charge in [-0.2, -0.15) is 0 Å². The molecule has 1 unspecified atom stereocenters. The van der Waals surface area contributed by atoms with Crippen LogP contribution in [0.2, 0.25) is 0 Å². The summed E-state index contributed by atoms with van der Waals surface area (Å²) in [7, 11) is 0. The Labute approximate surface area is 153 Å². The molecule has 3 aliphatic rings. The zero-order chi connectivity index (χ0) is 17.3. The number of ether oxygens (including phenoxy) is 1. The van der Waals surface area contributed by atoms with Crippen LogP contribution in [-0.4, -0.2) is 11.9 Å². The van der Waals surface area contributed by atoms with Gasteiger partial charge in [0.1, 0.15) is 5.75 Å². The molecule has 0 amide bonds. The molecule has 0 N–H and O–H groups in total. The second-order valence-electron chi connectivity index (χ2n) is 8.11. The monoisotopic (exact) mass is 342 g/mol. The van der Waals surface area contributed by atoms with E-state index in [0.29, 0.717) is 18.1 Å². The van der Waals surface area contributed by atoms with Crippen molar-refractivity contribution in [3.63, 3.8) is 0 Å². The third-order valence-electron chi connectivity index (χ3n) is 6.16. The molecule has 0 heterocycles. The van der Waals surface area contributed by atoms with Crippen LogP contribution in [0.3, 0.4) is 0 Å². The van der Waals surface area contributed by atoms with Gasteiger partial charge in [0.15, 0.2) is 11.9 Å². The zero-order valence-electron chi connectivity index (χ0n) is 15.6. The van der Waals surface area contributed by atoms with Gasteiger partial charge in [0.25, 0.3) is 0 Å². The minimum Gasteiger partial charge on any atom is -0.482 e. The molecule has 25 heavy (non-hydrogen) atoms. The summed E-state index contributed by atoms with van der Waals surface area (Å²) in [6, 6.07) is 9.96. The van der Waals surface area contributed by atoms with E-state index >= 15 is 0 Å². The molecule has 3 fully saturated rings. The number of hydrogen-bond donors (Lipinski definition) is 0. The van der Waals surface area contributed by atoms with E-state index in [1.165, 1.54) is 57.8 Å². The SMILES string of the molecule is O=C1CCCC2CCCCCC(CCCCC2)C1Oc1ccccc1. The van der Waals surface area contributed by atoms with Gasteiger partial charge in [-0.15, -0.1) is 0 Å². The molecule has 138 valence electrons. The van der Waals surface area contributed by atoms with Crippen LogP contribution in [0.15, 0.2) is 30.3 Å². The van der Waals surface area contributed by atoms with Crippen molar-refractivity contribution in [2.24, 2.45) is 11.8 Å². The number of rotatable bonds is 2. The van der Waals surface area contributed by atoms with Crippen molar-refractivity contribution in [1.82, 2.24) is 0 Å². The first-order chi connectivity index (χ1) is 12.3. The van der Waals surface area contributed by atoms with E-state index in [1.807, 2.05) is 30.3 Å². The van der Waals surface area contributed by atoms with Gasteiger partial charge < -0.3 is 4.74 Å². The van der Waals surface area contributed by atoms with Crippen LogP contribution in [0.1, 0.15) is 83.5 Å². The number of Topliss-reactive ketones (excluding diaryl/α,β-unsaturated/α-hetero) is 1. The van der Waals surface area contributed by atoms with Crippen molar-refractivity contribution >= 4 is 5.78 Å². The van der Waals surface area contributed by atoms with Crippen molar-refractivity contribution in [1.29, 1.82) is 0 Å². The van der Waals surface area contributed by atoms with Crippen molar-refractivity contribution < 1.29 is 9.53 Å². The fourth-order valence-corrected chi connectivity index (χ4v) is 4.69. The maximum Gasteiger partial charge on any atom is 0.173 e. The van der Waals surface area contributed by atoms with Crippen molar-refractivity contribution in [3.8, 4) is 5.75 Å². The van der Waals surface area contributed by atoms with Crippen LogP contribution in [-0.2, 0) is 4.79 Å². The van der Waals surface area contributed by atoms with Gasteiger partial charge in [-0.3, -0.25) is 4.79 Å². The fourth-order valence-electron chi connectivity index (χ4n) is 4.69. The molecule has 2 nitrogen and oxygen atoms in total. The lowest BCUT2D eigenvalue weighted by molar-refractivity contribution is -0.128. The van der Waals surface area contributed by atoms with Crippen LogP contribution in [0, 0.1) is 11.8 Å². The minimum absolute atomic E-state index is 0.236. The molecule has 0 aromatic heterocycles. The van der Waals surface area contributed by atoms with Crippen molar-refractivity contribution in [2.45, 2.75) is 89.6 Å². The van der Waals surface area contributed by atoms with E-state index in [9.17, 15) is 4.79 Å². The standard InChI is InChI=1S/C23H34O2/c24-22-18-10-13-19-11-4-1-6-14-20(15-7-2-5-12-19)23(22)25-21-16-8-3-9-17-21/h3,8-9,16-17,19-20,23H,1-2,4-7,10-15,18H2. The van der Waals surface area contributed by atoms with Crippen LogP contribution in [0.4, 0.5) is 0 Å². The first-order valence-corrected chi connectivity index (χ1v) is 10.6. The Morgan fingerprint density at radius 1 is 0.720 bits per heavy atom. The van der Waals surface area contributed by atoms with Crippen molar-refractivity contribution in [2.75, 3.05) is 0 Å². The molecule has 0 spiro atoms. The first-order valence-electron chi connectivity index (χ1n) is 10.6. The molecular weight excluding hydrogens is 308 g/mol. The molecular formula is C23H34O2. The lowest BCUT2D eigenvalue weighted by Crippen LogP contribution is -2.36. The van der Waals surface area contributed by atoms with Gasteiger partial charge in [-0.05, 0) is 37.3 Å². The van der Waals surface area contributed by atoms with E-state index in [4.69, 9.17) is 4.74 Å². The van der Waals surface area contributed by atoms with E-state index in [0.717, 1.165) is 30.9 Å². The maximum absolute atomic E-state index is 13.0. The topological polar surface area (TPSA) is 26.3 Å². The van der Waals surface area contributed by atoms with E-state index in [-0.39, 0.29) is 6.10 Å². The van der Waals surface area contributed by atoms with Gasteiger partial charge in [-0.25, -0.2) is 0 Å². The highest BCUT2D eigenvalue weighted by Crippen LogP contribution is 2.31. The van der Waals surface area contributed by atoms with Crippen LogP contribution in [0.25, 0.3) is 0 Å². The van der Waals surface area contributed by atoms with Gasteiger partial charge in [0.05, 0.1) is 0 Å². The third-order valence-corrected chi connectivity index (χ3v) is 6.16. The summed E-state index contributed by atoms with van der Waals surface area (Å²) in [5, 5.41) is 0. The molecule has 3 saturated carbocycles. The Bertz CT molecular complexity index is 496. The van der Waals surface area contributed by atoms with Gasteiger partial charge in [0, 0.05) is 12.3 Å². The summed E-state index contributed by atoms with van der Waals surface area (Å²) in [5.41, 5.74) is 0. The number of hydrogen-bond acceptors (Lipinski definition) is 2. The average molecular weight is 343 g/mol. The fraction of sp³-hybridized carbons (Fsp3) is 0.696. The number of benzene rings is 1. The predicted molar refractivity (Wildman–Crippen MR) is 103 cm³/mol. The number of carbonyl (C=O) groups excluding carboxylic acids is 1. The van der Waals surface area contributed by atoms with Gasteiger partial charge in [0.2, 0.25) is 0 Å². The van der Waals surface area contributed by atoms with E-state index in [2.05, 4.69) is 0 Å². The Morgan fingerprint density at radius 2 is 1.32 bits per heavy atom. The Kier molecular flexibility index (Phi) is 7.38. The Balaban J connectivity index is 1.78. The second-order valence-corrected chi connectivity index (χ2v) is 8.11. The lowest BCUT2D eigenvalue weighted by Gasteiger charge is -2.29. The van der Waals surface area contributed by atoms with Gasteiger partial charge >= 0.3 is 0 Å². The average Bonchev–Trinajstić information content (AvgIpc) is 2.61. The molecule has 1 atom stereocenters. The summed E-state index contributed by atoms with van der Waals surface area (Å²) < 4.78 is 6.28. The molecule has 1 aromatic rings. The molecule has 1 aromatic carbocycles. The molecule has 0 saturated heterocycles. The van der Waals surface area contributed by atoms with Crippen LogP contribution in [0.5, 0.6) is 5.75 Å². The third kappa shape index (κ3) is 5.87. The van der Waals surface area contributed by atoms with E-state index < -0.39 is 0 Å². The Morgan fingerprint density at radius 3 is 2.00 bits per heavy atom. The molecule has 4 rings (SSSR count). The largest absolute Gasteiger partial charge is 0.482 e. The Hall–Kier alpha value is -1.31. The second kappa shape index (κ2) is 9.99. The number of ketones is 1. The number of fused-ring (bicyclic) bond motifs is 12. The molecule has 3 aliphatic carbocycles. The number of para-hydroxylation sites is 1. The predicted octanol–water partition coefficient (Wildman–Crippen LogP) is 6.33. The first kappa shape index (κ1) is 18.5. The molecule has 0 aliphatic heterocycles. The quantitative estimate of drug-likeness (QED) is 0.627. The van der Waals surface area contributed by atoms with Crippen molar-refractivity contribution in [3.05, 3.63) is 30.3 Å². The molecule has 0 radical (unpaired) electrons. The normalized spacial score (nSPS) is 29.6. The zero-order valence-corrected chi connectivity index (χ0v) is 15.6.